The fraction of sp³-hybridized carbons (Fsp3) is 0.533. The monoisotopic (exact) mass is 245 g/mol. The smallest absolute Gasteiger partial charge is 0.161 e. The van der Waals surface area contributed by atoms with Crippen molar-refractivity contribution in [2.24, 2.45) is 11.1 Å². The number of hydrogen-bond acceptors (Lipinski definition) is 3. The second-order valence-electron chi connectivity index (χ2n) is 5.15. The summed E-state index contributed by atoms with van der Waals surface area (Å²) in [7, 11) is 0. The second-order valence-corrected chi connectivity index (χ2v) is 5.15. The summed E-state index contributed by atoms with van der Waals surface area (Å²) >= 11 is 0. The molecule has 3 atom stereocenters. The molecule has 1 aliphatic heterocycles. The van der Waals surface area contributed by atoms with Crippen LogP contribution in [0.5, 0.6) is 0 Å². The normalized spacial score (nSPS) is 27.5. The molecule has 0 spiro atoms. The van der Waals surface area contributed by atoms with Gasteiger partial charge in [-0.3, -0.25) is 0 Å². The molecule has 0 aromatic heterocycles. The van der Waals surface area contributed by atoms with Crippen molar-refractivity contribution in [3.8, 4) is 0 Å². The maximum atomic E-state index is 5.92. The Balaban J connectivity index is 1.55. The molecule has 0 bridgehead atoms. The van der Waals surface area contributed by atoms with Crippen molar-refractivity contribution < 1.29 is 9.57 Å². The lowest BCUT2D eigenvalue weighted by molar-refractivity contribution is -0.0715. The largest absolute Gasteiger partial charge is 0.389 e. The molecule has 0 N–H and O–H groups in total. The van der Waals surface area contributed by atoms with Crippen molar-refractivity contribution in [3.63, 3.8) is 0 Å². The average molecular weight is 245 g/mol. The molecule has 3 heteroatoms. The van der Waals surface area contributed by atoms with Gasteiger partial charge in [0.25, 0.3) is 0 Å². The number of oxime groups is 1. The minimum absolute atomic E-state index is 0.0922. The van der Waals surface area contributed by atoms with E-state index in [9.17, 15) is 0 Å². The van der Waals surface area contributed by atoms with E-state index >= 15 is 0 Å². The molecular formula is C15H19NO2. The zero-order valence-corrected chi connectivity index (χ0v) is 10.7. The SMILES string of the molecule is C[C@H](OCc1ccccc1)[C@H]1ON=C2CCC[C@H]21. The number of benzene rings is 1. The first-order valence-corrected chi connectivity index (χ1v) is 6.72. The van der Waals surface area contributed by atoms with E-state index in [-0.39, 0.29) is 12.2 Å². The van der Waals surface area contributed by atoms with Gasteiger partial charge in [-0.2, -0.15) is 0 Å². The highest BCUT2D eigenvalue weighted by atomic mass is 16.7. The van der Waals surface area contributed by atoms with E-state index < -0.39 is 0 Å². The van der Waals surface area contributed by atoms with Crippen LogP contribution in [0.2, 0.25) is 0 Å². The molecule has 0 unspecified atom stereocenters. The van der Waals surface area contributed by atoms with E-state index in [0.29, 0.717) is 12.5 Å². The molecule has 1 fully saturated rings. The minimum atomic E-state index is 0.0922. The molecule has 3 rings (SSSR count). The summed E-state index contributed by atoms with van der Waals surface area (Å²) in [6.07, 6.45) is 3.75. The van der Waals surface area contributed by atoms with Gasteiger partial charge in [0.15, 0.2) is 6.10 Å². The number of nitrogens with zero attached hydrogens (tertiary/aromatic N) is 1. The van der Waals surface area contributed by atoms with Crippen molar-refractivity contribution in [2.75, 3.05) is 0 Å². The van der Waals surface area contributed by atoms with Crippen molar-refractivity contribution in [1.29, 1.82) is 0 Å². The van der Waals surface area contributed by atoms with E-state index in [1.807, 2.05) is 18.2 Å². The quantitative estimate of drug-likeness (QED) is 0.816. The van der Waals surface area contributed by atoms with Crippen molar-refractivity contribution >= 4 is 5.71 Å². The lowest BCUT2D eigenvalue weighted by Gasteiger charge is -2.22. The molecular weight excluding hydrogens is 226 g/mol. The number of hydrogen-bond donors (Lipinski definition) is 0. The van der Waals surface area contributed by atoms with Gasteiger partial charge in [0.05, 0.1) is 18.4 Å². The predicted molar refractivity (Wildman–Crippen MR) is 70.3 cm³/mol. The third-order valence-electron chi connectivity index (χ3n) is 3.88. The van der Waals surface area contributed by atoms with E-state index in [1.165, 1.54) is 24.1 Å². The number of fused-ring (bicyclic) bond motifs is 1. The van der Waals surface area contributed by atoms with Crippen molar-refractivity contribution in [3.05, 3.63) is 35.9 Å². The van der Waals surface area contributed by atoms with Gasteiger partial charge in [-0.15, -0.1) is 0 Å². The van der Waals surface area contributed by atoms with Crippen LogP contribution in [0.3, 0.4) is 0 Å². The predicted octanol–water partition coefficient (Wildman–Crippen LogP) is 3.15. The maximum absolute atomic E-state index is 5.92. The lowest BCUT2D eigenvalue weighted by atomic mass is 9.96. The van der Waals surface area contributed by atoms with Gasteiger partial charge in [-0.1, -0.05) is 35.5 Å². The molecule has 0 amide bonds. The molecule has 96 valence electrons. The Kier molecular flexibility index (Phi) is 3.33. The first kappa shape index (κ1) is 11.7. The van der Waals surface area contributed by atoms with Crippen LogP contribution in [0.25, 0.3) is 0 Å². The van der Waals surface area contributed by atoms with Gasteiger partial charge in [0.1, 0.15) is 0 Å². The average Bonchev–Trinajstić information content (AvgIpc) is 2.99. The molecule has 2 aliphatic rings. The molecule has 1 aromatic carbocycles. The van der Waals surface area contributed by atoms with Crippen LogP contribution in [0.4, 0.5) is 0 Å². The molecule has 3 nitrogen and oxygen atoms in total. The summed E-state index contributed by atoms with van der Waals surface area (Å²) in [6.45, 7) is 2.73. The van der Waals surface area contributed by atoms with E-state index in [1.54, 1.807) is 0 Å². The fourth-order valence-electron chi connectivity index (χ4n) is 2.83. The van der Waals surface area contributed by atoms with Gasteiger partial charge >= 0.3 is 0 Å². The molecule has 1 aliphatic carbocycles. The summed E-state index contributed by atoms with van der Waals surface area (Å²) in [4.78, 5) is 5.53. The first-order chi connectivity index (χ1) is 8.84. The van der Waals surface area contributed by atoms with Crippen LogP contribution in [0.1, 0.15) is 31.7 Å². The third-order valence-corrected chi connectivity index (χ3v) is 3.88. The van der Waals surface area contributed by atoms with E-state index in [4.69, 9.17) is 9.57 Å². The van der Waals surface area contributed by atoms with E-state index in [0.717, 1.165) is 6.42 Å². The lowest BCUT2D eigenvalue weighted by Crippen LogP contribution is -2.32. The Morgan fingerprint density at radius 1 is 1.39 bits per heavy atom. The molecule has 1 heterocycles. The minimum Gasteiger partial charge on any atom is -0.389 e. The summed E-state index contributed by atoms with van der Waals surface area (Å²) < 4.78 is 5.92. The maximum Gasteiger partial charge on any atom is 0.161 e. The Hall–Kier alpha value is -1.35. The van der Waals surface area contributed by atoms with Crippen molar-refractivity contribution in [1.82, 2.24) is 0 Å². The standard InChI is InChI=1S/C15H19NO2/c1-11(17-10-12-6-3-2-4-7-12)15-13-8-5-9-14(13)16-18-15/h2-4,6-7,11,13,15H,5,8-10H2,1H3/t11-,13+,15+/m0/s1. The van der Waals surface area contributed by atoms with Crippen LogP contribution in [-0.4, -0.2) is 17.9 Å². The summed E-state index contributed by atoms with van der Waals surface area (Å²) in [5.74, 6) is 0.496. The molecule has 18 heavy (non-hydrogen) atoms. The van der Waals surface area contributed by atoms with Crippen LogP contribution in [0, 0.1) is 5.92 Å². The topological polar surface area (TPSA) is 30.8 Å². The molecule has 0 radical (unpaired) electrons. The zero-order chi connectivity index (χ0) is 12.4. The summed E-state index contributed by atoms with van der Waals surface area (Å²) in [5.41, 5.74) is 2.45. The second kappa shape index (κ2) is 5.11. The highest BCUT2D eigenvalue weighted by Crippen LogP contribution is 2.34. The van der Waals surface area contributed by atoms with Gasteiger partial charge in [0.2, 0.25) is 0 Å². The highest BCUT2D eigenvalue weighted by molar-refractivity contribution is 5.89. The van der Waals surface area contributed by atoms with Gasteiger partial charge < -0.3 is 9.57 Å². The van der Waals surface area contributed by atoms with Gasteiger partial charge in [-0.05, 0) is 31.7 Å². The van der Waals surface area contributed by atoms with Crippen LogP contribution >= 0.6 is 0 Å². The molecule has 1 saturated carbocycles. The number of rotatable bonds is 4. The molecule has 1 aromatic rings. The van der Waals surface area contributed by atoms with Crippen LogP contribution in [0.15, 0.2) is 35.5 Å². The van der Waals surface area contributed by atoms with Crippen LogP contribution in [-0.2, 0) is 16.2 Å². The zero-order valence-electron chi connectivity index (χ0n) is 10.7. The van der Waals surface area contributed by atoms with Crippen molar-refractivity contribution in [2.45, 2.75) is 45.0 Å². The van der Waals surface area contributed by atoms with Crippen LogP contribution < -0.4 is 0 Å². The highest BCUT2D eigenvalue weighted by Gasteiger charge is 2.40. The van der Waals surface area contributed by atoms with Gasteiger partial charge in [0, 0.05) is 5.92 Å². The summed E-state index contributed by atoms with van der Waals surface area (Å²) in [5, 5.41) is 4.19. The molecule has 0 saturated heterocycles. The Bertz CT molecular complexity index is 429. The Morgan fingerprint density at radius 2 is 2.22 bits per heavy atom. The van der Waals surface area contributed by atoms with E-state index in [2.05, 4.69) is 24.2 Å². The first-order valence-electron chi connectivity index (χ1n) is 6.72. The Morgan fingerprint density at radius 3 is 3.06 bits per heavy atom. The summed E-state index contributed by atoms with van der Waals surface area (Å²) in [6, 6.07) is 10.3. The number of ether oxygens (including phenoxy) is 1. The fourth-order valence-corrected chi connectivity index (χ4v) is 2.83. The third kappa shape index (κ3) is 2.27. The van der Waals surface area contributed by atoms with Gasteiger partial charge in [-0.25, -0.2) is 0 Å². The Labute approximate surface area is 108 Å².